The van der Waals surface area contributed by atoms with Crippen molar-refractivity contribution in [2.75, 3.05) is 40.9 Å². The van der Waals surface area contributed by atoms with Gasteiger partial charge < -0.3 is 19.8 Å². The lowest BCUT2D eigenvalue weighted by molar-refractivity contribution is -0.870. The summed E-state index contributed by atoms with van der Waals surface area (Å²) >= 11 is 0. The van der Waals surface area contributed by atoms with Gasteiger partial charge in [-0.2, -0.15) is 0 Å². The zero-order valence-corrected chi connectivity index (χ0v) is 40.7. The van der Waals surface area contributed by atoms with E-state index in [0.29, 0.717) is 23.9 Å². The Labute approximate surface area is 366 Å². The molecule has 0 aliphatic heterocycles. The molecule has 0 saturated heterocycles. The second-order valence-electron chi connectivity index (χ2n) is 18.5. The second-order valence-corrected chi connectivity index (χ2v) is 20.0. The van der Waals surface area contributed by atoms with E-state index >= 15 is 0 Å². The molecular formula is C50H100N2O6P+. The van der Waals surface area contributed by atoms with Crippen LogP contribution in [0.4, 0.5) is 0 Å². The molecule has 0 radical (unpaired) electrons. The maximum Gasteiger partial charge on any atom is 0.472 e. The summed E-state index contributed by atoms with van der Waals surface area (Å²) in [7, 11) is 1.62. The Morgan fingerprint density at radius 3 is 1.41 bits per heavy atom. The molecule has 3 N–H and O–H groups in total. The predicted octanol–water partition coefficient (Wildman–Crippen LogP) is 14.5. The molecule has 1 amide bonds. The predicted molar refractivity (Wildman–Crippen MR) is 254 cm³/mol. The first-order chi connectivity index (χ1) is 28.5. The Bertz CT molecular complexity index is 1020. The van der Waals surface area contributed by atoms with Gasteiger partial charge in [-0.15, -0.1) is 0 Å². The third kappa shape index (κ3) is 44.8. The van der Waals surface area contributed by atoms with Gasteiger partial charge in [0.25, 0.3) is 0 Å². The standard InChI is InChI=1S/C50H99N2O6P/c1-6-8-10-12-14-16-18-20-22-24-26-27-29-31-33-35-37-39-41-43-49(53)48(47-58-59(55,56)57-46-45-52(3,4)5)51-50(54)44-42-40-38-36-34-32-30-28-25-23-21-19-17-15-13-11-9-7-2/h17,19,23,25,48-49,53H,6-16,18,20-22,24,26-47H2,1-5H3,(H-,51,54,55,56)/p+1/b19-17-,25-23-. The number of aliphatic hydroxyl groups is 1. The minimum absolute atomic E-state index is 0.0738. The third-order valence-electron chi connectivity index (χ3n) is 11.5. The van der Waals surface area contributed by atoms with Crippen LogP contribution in [0.5, 0.6) is 0 Å². The summed E-state index contributed by atoms with van der Waals surface area (Å²) < 4.78 is 23.7. The Balaban J connectivity index is 4.29. The molecule has 0 rings (SSSR count). The number of phosphoric ester groups is 1. The summed E-state index contributed by atoms with van der Waals surface area (Å²) in [4.78, 5) is 23.2. The molecule has 3 unspecified atom stereocenters. The molecule has 0 fully saturated rings. The van der Waals surface area contributed by atoms with Crippen molar-refractivity contribution >= 4 is 13.7 Å². The van der Waals surface area contributed by atoms with E-state index in [2.05, 4.69) is 43.5 Å². The Morgan fingerprint density at radius 2 is 0.966 bits per heavy atom. The van der Waals surface area contributed by atoms with E-state index in [1.165, 1.54) is 161 Å². The second kappa shape index (κ2) is 42.3. The molecule has 0 saturated carbocycles. The number of quaternary nitrogens is 1. The van der Waals surface area contributed by atoms with Crippen LogP contribution in [0, 0.1) is 0 Å². The lowest BCUT2D eigenvalue weighted by Gasteiger charge is -2.26. The number of unbranched alkanes of at least 4 members (excludes halogenated alkanes) is 29. The van der Waals surface area contributed by atoms with Crippen LogP contribution in [-0.4, -0.2) is 73.4 Å². The van der Waals surface area contributed by atoms with Gasteiger partial charge >= 0.3 is 7.82 Å². The summed E-state index contributed by atoms with van der Waals surface area (Å²) in [6.45, 7) is 4.89. The maximum atomic E-state index is 12.9. The average Bonchev–Trinajstić information content (AvgIpc) is 3.19. The summed E-state index contributed by atoms with van der Waals surface area (Å²) in [5.41, 5.74) is 0. The van der Waals surface area contributed by atoms with Gasteiger partial charge in [0.15, 0.2) is 0 Å². The zero-order chi connectivity index (χ0) is 43.6. The van der Waals surface area contributed by atoms with Gasteiger partial charge in [-0.1, -0.05) is 212 Å². The molecule has 0 aliphatic carbocycles. The number of nitrogens with one attached hydrogen (secondary N) is 1. The van der Waals surface area contributed by atoms with Crippen molar-refractivity contribution in [3.05, 3.63) is 24.3 Å². The van der Waals surface area contributed by atoms with Crippen molar-refractivity contribution in [1.29, 1.82) is 0 Å². The molecule has 0 aromatic heterocycles. The van der Waals surface area contributed by atoms with Crippen molar-refractivity contribution in [1.82, 2.24) is 5.32 Å². The maximum absolute atomic E-state index is 12.9. The molecule has 0 spiro atoms. The fourth-order valence-electron chi connectivity index (χ4n) is 7.43. The number of hydrogen-bond acceptors (Lipinski definition) is 5. The van der Waals surface area contributed by atoms with Crippen LogP contribution in [0.3, 0.4) is 0 Å². The highest BCUT2D eigenvalue weighted by atomic mass is 31.2. The van der Waals surface area contributed by atoms with E-state index in [1.807, 2.05) is 21.1 Å². The van der Waals surface area contributed by atoms with Gasteiger partial charge in [0.2, 0.25) is 5.91 Å². The summed E-state index contributed by atoms with van der Waals surface area (Å²) in [6, 6.07) is -0.763. The summed E-state index contributed by atoms with van der Waals surface area (Å²) in [6.07, 6.45) is 50.6. The first-order valence-electron chi connectivity index (χ1n) is 25.2. The van der Waals surface area contributed by atoms with Crippen LogP contribution in [0.25, 0.3) is 0 Å². The number of nitrogens with zero attached hydrogens (tertiary/aromatic N) is 1. The van der Waals surface area contributed by atoms with Crippen molar-refractivity contribution in [2.24, 2.45) is 0 Å². The van der Waals surface area contributed by atoms with E-state index in [9.17, 15) is 19.4 Å². The number of hydrogen-bond donors (Lipinski definition) is 3. The van der Waals surface area contributed by atoms with E-state index in [4.69, 9.17) is 9.05 Å². The first kappa shape index (κ1) is 58.0. The molecule has 9 heteroatoms. The van der Waals surface area contributed by atoms with E-state index in [1.54, 1.807) is 0 Å². The molecule has 0 aromatic carbocycles. The fraction of sp³-hybridized carbons (Fsp3) is 0.900. The van der Waals surface area contributed by atoms with Gasteiger partial charge in [0.05, 0.1) is 39.9 Å². The van der Waals surface area contributed by atoms with E-state index in [0.717, 1.165) is 51.4 Å². The number of carbonyl (C=O) groups excluding carboxylic acids is 1. The highest BCUT2D eigenvalue weighted by molar-refractivity contribution is 7.47. The quantitative estimate of drug-likeness (QED) is 0.0244. The smallest absolute Gasteiger partial charge is 0.391 e. The van der Waals surface area contributed by atoms with Crippen LogP contribution in [0.15, 0.2) is 24.3 Å². The molecular weight excluding hydrogens is 756 g/mol. The number of carbonyl (C=O) groups is 1. The van der Waals surface area contributed by atoms with Crippen LogP contribution in [0.2, 0.25) is 0 Å². The number of amides is 1. The number of aliphatic hydroxyl groups excluding tert-OH is 1. The molecule has 59 heavy (non-hydrogen) atoms. The zero-order valence-electron chi connectivity index (χ0n) is 39.8. The summed E-state index contributed by atoms with van der Waals surface area (Å²) in [5, 5.41) is 14.0. The first-order valence-corrected chi connectivity index (χ1v) is 26.7. The Morgan fingerprint density at radius 1 is 0.576 bits per heavy atom. The van der Waals surface area contributed by atoms with Gasteiger partial charge in [0, 0.05) is 6.42 Å². The number of likely N-dealkylation sites (N-methyl/N-ethyl adjacent to an activating group) is 1. The number of allylic oxidation sites excluding steroid dienone is 4. The number of phosphoric acid groups is 1. The van der Waals surface area contributed by atoms with Crippen molar-refractivity contribution in [3.8, 4) is 0 Å². The Kier molecular flexibility index (Phi) is 41.6. The highest BCUT2D eigenvalue weighted by Crippen LogP contribution is 2.43. The third-order valence-corrected chi connectivity index (χ3v) is 12.4. The molecule has 0 heterocycles. The molecule has 0 aliphatic rings. The molecule has 0 aromatic rings. The summed E-state index contributed by atoms with van der Waals surface area (Å²) in [5.74, 6) is -0.150. The molecule has 350 valence electrons. The minimum Gasteiger partial charge on any atom is -0.391 e. The van der Waals surface area contributed by atoms with Crippen molar-refractivity contribution in [2.45, 2.75) is 251 Å². The van der Waals surface area contributed by atoms with Gasteiger partial charge in [-0.05, 0) is 44.9 Å². The fourth-order valence-corrected chi connectivity index (χ4v) is 8.17. The van der Waals surface area contributed by atoms with E-state index in [-0.39, 0.29) is 19.1 Å². The molecule has 8 nitrogen and oxygen atoms in total. The van der Waals surface area contributed by atoms with Crippen LogP contribution in [-0.2, 0) is 18.4 Å². The van der Waals surface area contributed by atoms with Gasteiger partial charge in [-0.3, -0.25) is 13.8 Å². The van der Waals surface area contributed by atoms with Crippen molar-refractivity contribution < 1.29 is 32.9 Å². The Hall–Kier alpha value is -1.02. The number of rotatable bonds is 46. The van der Waals surface area contributed by atoms with Crippen molar-refractivity contribution in [3.63, 3.8) is 0 Å². The topological polar surface area (TPSA) is 105 Å². The average molecular weight is 856 g/mol. The minimum atomic E-state index is -4.32. The van der Waals surface area contributed by atoms with Crippen LogP contribution >= 0.6 is 7.82 Å². The molecule has 0 bridgehead atoms. The highest BCUT2D eigenvalue weighted by Gasteiger charge is 2.28. The molecule has 3 atom stereocenters. The lowest BCUT2D eigenvalue weighted by Crippen LogP contribution is -2.46. The SMILES string of the molecule is CCCCCC/C=C\C/C=C\CCCCCCCCCC(=O)NC(COP(=O)(O)OCC[N+](C)(C)C)C(O)CCCCCCCCCCCCCCCCCCCCC. The van der Waals surface area contributed by atoms with Gasteiger partial charge in [-0.25, -0.2) is 4.57 Å². The lowest BCUT2D eigenvalue weighted by atomic mass is 10.0. The largest absolute Gasteiger partial charge is 0.472 e. The normalized spacial score (nSPS) is 14.4. The monoisotopic (exact) mass is 856 g/mol. The van der Waals surface area contributed by atoms with E-state index < -0.39 is 20.0 Å². The van der Waals surface area contributed by atoms with Crippen LogP contribution in [0.1, 0.15) is 239 Å². The van der Waals surface area contributed by atoms with Crippen LogP contribution < -0.4 is 5.32 Å². The van der Waals surface area contributed by atoms with Gasteiger partial charge in [0.1, 0.15) is 13.2 Å².